The van der Waals surface area contributed by atoms with Gasteiger partial charge in [-0.2, -0.15) is 0 Å². The summed E-state index contributed by atoms with van der Waals surface area (Å²) in [5.74, 6) is 0.640. The summed E-state index contributed by atoms with van der Waals surface area (Å²) < 4.78 is 4.54. The number of aryl methyl sites for hydroxylation is 1. The summed E-state index contributed by atoms with van der Waals surface area (Å²) in [6, 6.07) is 62.5. The van der Waals surface area contributed by atoms with Gasteiger partial charge in [0.15, 0.2) is 0 Å². The van der Waals surface area contributed by atoms with Crippen LogP contribution in [0.5, 0.6) is 0 Å². The van der Waals surface area contributed by atoms with E-state index in [1.807, 2.05) is 24.7 Å². The van der Waals surface area contributed by atoms with Crippen LogP contribution in [0, 0.1) is 6.92 Å². The van der Waals surface area contributed by atoms with E-state index in [0.717, 1.165) is 66.6 Å². The van der Waals surface area contributed by atoms with Gasteiger partial charge in [-0.05, 0) is 83.3 Å². The van der Waals surface area contributed by atoms with Gasteiger partial charge in [0, 0.05) is 62.5 Å². The number of para-hydroxylation sites is 3. The van der Waals surface area contributed by atoms with Gasteiger partial charge in [-0.25, -0.2) is 9.97 Å². The van der Waals surface area contributed by atoms with Gasteiger partial charge < -0.3 is 4.57 Å². The van der Waals surface area contributed by atoms with Crippen LogP contribution in [-0.4, -0.2) is 24.1 Å². The third kappa shape index (κ3) is 5.51. The van der Waals surface area contributed by atoms with Crippen molar-refractivity contribution in [2.75, 3.05) is 0 Å². The normalized spacial score (nSPS) is 11.6. The summed E-state index contributed by atoms with van der Waals surface area (Å²) in [6.07, 6.45) is 5.80. The molecule has 7 aromatic carbocycles. The van der Waals surface area contributed by atoms with Crippen molar-refractivity contribution in [2.24, 2.45) is 0 Å². The fourth-order valence-corrected chi connectivity index (χ4v) is 8.45. The van der Waals surface area contributed by atoms with E-state index in [1.165, 1.54) is 32.9 Å². The van der Waals surface area contributed by atoms with Gasteiger partial charge in [-0.15, -0.1) is 0 Å². The van der Waals surface area contributed by atoms with Gasteiger partial charge in [0.1, 0.15) is 0 Å². The summed E-state index contributed by atoms with van der Waals surface area (Å²) in [6.45, 7) is 2.12. The third-order valence-corrected chi connectivity index (χ3v) is 11.2. The summed E-state index contributed by atoms with van der Waals surface area (Å²) in [4.78, 5) is 14.7. The van der Waals surface area contributed by atoms with Gasteiger partial charge >= 0.3 is 0 Å². The second-order valence-corrected chi connectivity index (χ2v) is 14.6. The molecule has 0 N–H and O–H groups in total. The monoisotopic (exact) mass is 729 g/mol. The third-order valence-electron chi connectivity index (χ3n) is 11.2. The van der Waals surface area contributed by atoms with Gasteiger partial charge in [-0.3, -0.25) is 9.55 Å². The minimum absolute atomic E-state index is 0.640. The fraction of sp³-hybridized carbons (Fsp3) is 0.0192. The summed E-state index contributed by atoms with van der Waals surface area (Å²) in [5, 5.41) is 4.82. The number of fused-ring (bicyclic) bond motifs is 6. The van der Waals surface area contributed by atoms with Crippen LogP contribution in [0.2, 0.25) is 0 Å². The van der Waals surface area contributed by atoms with Crippen molar-refractivity contribution in [1.29, 1.82) is 0 Å². The molecule has 4 heterocycles. The Labute approximate surface area is 329 Å². The van der Waals surface area contributed by atoms with Crippen LogP contribution in [0.15, 0.2) is 195 Å². The first-order valence-corrected chi connectivity index (χ1v) is 19.3. The van der Waals surface area contributed by atoms with Gasteiger partial charge in [0.25, 0.3) is 0 Å². The molecule has 0 atom stereocenters. The highest BCUT2D eigenvalue weighted by atomic mass is 15.1. The molecule has 4 aromatic heterocycles. The van der Waals surface area contributed by atoms with Crippen molar-refractivity contribution >= 4 is 43.6 Å². The van der Waals surface area contributed by atoms with Crippen molar-refractivity contribution in [3.63, 3.8) is 0 Å². The van der Waals surface area contributed by atoms with E-state index in [9.17, 15) is 0 Å². The Balaban J connectivity index is 0.936. The number of rotatable bonds is 6. The maximum atomic E-state index is 4.94. The Morgan fingerprint density at radius 3 is 1.60 bits per heavy atom. The lowest BCUT2D eigenvalue weighted by molar-refractivity contribution is 0.990. The van der Waals surface area contributed by atoms with Crippen LogP contribution >= 0.6 is 0 Å². The molecule has 0 aliphatic rings. The molecule has 5 heteroatoms. The lowest BCUT2D eigenvalue weighted by atomic mass is 10.00. The molecular weight excluding hydrogens is 695 g/mol. The Morgan fingerprint density at radius 1 is 0.333 bits per heavy atom. The molecule has 5 nitrogen and oxygen atoms in total. The number of benzene rings is 7. The lowest BCUT2D eigenvalue weighted by Crippen LogP contribution is -2.00. The maximum absolute atomic E-state index is 4.94. The molecule has 0 saturated heterocycles. The van der Waals surface area contributed by atoms with Crippen LogP contribution in [0.25, 0.3) is 99.9 Å². The molecule has 57 heavy (non-hydrogen) atoms. The minimum Gasteiger partial charge on any atom is -0.309 e. The summed E-state index contributed by atoms with van der Waals surface area (Å²) >= 11 is 0. The van der Waals surface area contributed by atoms with E-state index in [0.29, 0.717) is 5.95 Å². The van der Waals surface area contributed by atoms with E-state index < -0.39 is 0 Å². The van der Waals surface area contributed by atoms with Crippen molar-refractivity contribution in [2.45, 2.75) is 6.92 Å². The molecule has 11 aromatic rings. The second-order valence-electron chi connectivity index (χ2n) is 14.6. The van der Waals surface area contributed by atoms with E-state index >= 15 is 0 Å². The maximum Gasteiger partial charge on any atom is 0.234 e. The first kappa shape index (κ1) is 32.8. The molecule has 0 aliphatic carbocycles. The molecule has 0 bridgehead atoms. The highest BCUT2D eigenvalue weighted by molar-refractivity contribution is 6.12. The zero-order valence-corrected chi connectivity index (χ0v) is 31.2. The number of pyridine rings is 1. The van der Waals surface area contributed by atoms with Crippen LogP contribution in [-0.2, 0) is 0 Å². The Kier molecular flexibility index (Phi) is 7.64. The highest BCUT2D eigenvalue weighted by Crippen LogP contribution is 2.38. The number of aromatic nitrogens is 5. The smallest absolute Gasteiger partial charge is 0.234 e. The molecule has 11 rings (SSSR count). The van der Waals surface area contributed by atoms with Gasteiger partial charge in [-0.1, -0.05) is 127 Å². The van der Waals surface area contributed by atoms with Crippen molar-refractivity contribution in [3.05, 3.63) is 200 Å². The van der Waals surface area contributed by atoms with Gasteiger partial charge in [0.2, 0.25) is 5.95 Å². The van der Waals surface area contributed by atoms with Crippen molar-refractivity contribution < 1.29 is 0 Å². The topological polar surface area (TPSA) is 48.5 Å². The first-order chi connectivity index (χ1) is 28.2. The fourth-order valence-electron chi connectivity index (χ4n) is 8.45. The van der Waals surface area contributed by atoms with E-state index in [4.69, 9.17) is 15.0 Å². The molecule has 0 radical (unpaired) electrons. The van der Waals surface area contributed by atoms with E-state index in [-0.39, 0.29) is 0 Å². The SMILES string of the molecule is Cc1cc(-c2ccccc2)cnc1-c1ccc(-c2cnc(-n3c4ccccc4c4cc(-c5ccc6c7ccccc7n(-c7ccccc7)c6c5)ccc43)nc2)cc1. The highest BCUT2D eigenvalue weighted by Gasteiger charge is 2.17. The molecule has 0 amide bonds. The molecule has 0 spiro atoms. The zero-order valence-electron chi connectivity index (χ0n) is 31.2. The molecule has 0 aliphatic heterocycles. The van der Waals surface area contributed by atoms with E-state index in [2.05, 4.69) is 186 Å². The second kappa shape index (κ2) is 13.3. The molecule has 268 valence electrons. The minimum atomic E-state index is 0.640. The number of nitrogens with zero attached hydrogens (tertiary/aromatic N) is 5. The van der Waals surface area contributed by atoms with Gasteiger partial charge in [0.05, 0.1) is 27.8 Å². The largest absolute Gasteiger partial charge is 0.309 e. The quantitative estimate of drug-likeness (QED) is 0.171. The first-order valence-electron chi connectivity index (χ1n) is 19.3. The molecule has 0 unspecified atom stereocenters. The standard InChI is InChI=1S/C52H35N5/c1-34-28-40(35-12-4-2-5-13-35)31-53-51(34)37-22-20-36(21-23-37)41-32-54-52(55-33-41)57-48-19-11-9-17-44(48)46-29-38(25-27-49(46)57)39-24-26-45-43-16-8-10-18-47(43)56(50(45)30-39)42-14-6-3-7-15-42/h2-33H,1H3. The van der Waals surface area contributed by atoms with Crippen molar-refractivity contribution in [3.8, 4) is 56.3 Å². The van der Waals surface area contributed by atoms with Crippen molar-refractivity contribution in [1.82, 2.24) is 24.1 Å². The van der Waals surface area contributed by atoms with Crippen LogP contribution in [0.4, 0.5) is 0 Å². The molecular formula is C52H35N5. The van der Waals surface area contributed by atoms with E-state index in [1.54, 1.807) is 0 Å². The predicted molar refractivity (Wildman–Crippen MR) is 235 cm³/mol. The summed E-state index contributed by atoms with van der Waals surface area (Å²) in [7, 11) is 0. The Morgan fingerprint density at radius 2 is 0.860 bits per heavy atom. The summed E-state index contributed by atoms with van der Waals surface area (Å²) in [5.41, 5.74) is 15.5. The predicted octanol–water partition coefficient (Wildman–Crippen LogP) is 13.0. The van der Waals surface area contributed by atoms with Crippen LogP contribution in [0.1, 0.15) is 5.56 Å². The Bertz CT molecular complexity index is 3270. The molecule has 0 saturated carbocycles. The number of hydrogen-bond acceptors (Lipinski definition) is 3. The lowest BCUT2D eigenvalue weighted by Gasteiger charge is -2.10. The average molecular weight is 730 g/mol. The number of hydrogen-bond donors (Lipinski definition) is 0. The Hall–Kier alpha value is -7.63. The molecule has 0 fully saturated rings. The van der Waals surface area contributed by atoms with Crippen LogP contribution in [0.3, 0.4) is 0 Å². The zero-order chi connectivity index (χ0) is 37.9. The average Bonchev–Trinajstić information content (AvgIpc) is 3.79. The van der Waals surface area contributed by atoms with Crippen LogP contribution < -0.4 is 0 Å².